The summed E-state index contributed by atoms with van der Waals surface area (Å²) in [6.45, 7) is 2.64. The molecule has 1 amide bonds. The number of piperidine rings is 1. The van der Waals surface area contributed by atoms with Crippen molar-refractivity contribution in [2.24, 2.45) is 13.0 Å². The summed E-state index contributed by atoms with van der Waals surface area (Å²) in [5, 5.41) is 0.819. The van der Waals surface area contributed by atoms with E-state index in [2.05, 4.69) is 0 Å². The molecule has 4 rings (SSSR count). The van der Waals surface area contributed by atoms with Crippen LogP contribution in [0.1, 0.15) is 23.2 Å². The van der Waals surface area contributed by atoms with Crippen molar-refractivity contribution < 1.29 is 14.3 Å². The van der Waals surface area contributed by atoms with Crippen LogP contribution in [0.15, 0.2) is 35.1 Å². The molecule has 6 nitrogen and oxygen atoms in total. The van der Waals surface area contributed by atoms with E-state index < -0.39 is 0 Å². The van der Waals surface area contributed by atoms with Gasteiger partial charge in [0.1, 0.15) is 0 Å². The molecule has 2 aliphatic rings. The van der Waals surface area contributed by atoms with Crippen LogP contribution in [0.3, 0.4) is 0 Å². The highest BCUT2D eigenvalue weighted by molar-refractivity contribution is 6.06. The van der Waals surface area contributed by atoms with Crippen LogP contribution in [0.4, 0.5) is 0 Å². The zero-order valence-electron chi connectivity index (χ0n) is 14.3. The van der Waals surface area contributed by atoms with E-state index in [4.69, 9.17) is 9.47 Å². The molecule has 25 heavy (non-hydrogen) atoms. The van der Waals surface area contributed by atoms with Crippen molar-refractivity contribution in [3.8, 4) is 0 Å². The maximum atomic E-state index is 13.0. The Morgan fingerprint density at radius 2 is 1.80 bits per heavy atom. The average molecular weight is 342 g/mol. The molecule has 2 fully saturated rings. The van der Waals surface area contributed by atoms with Crippen LogP contribution in [0.2, 0.25) is 0 Å². The van der Waals surface area contributed by atoms with Crippen molar-refractivity contribution in [2.45, 2.75) is 19.1 Å². The number of nitrogens with zero attached hydrogens (tertiary/aromatic N) is 2. The van der Waals surface area contributed by atoms with Crippen molar-refractivity contribution in [1.82, 2.24) is 9.47 Å². The molecule has 2 aliphatic heterocycles. The Kier molecular flexibility index (Phi) is 4.31. The topological polar surface area (TPSA) is 60.8 Å². The largest absolute Gasteiger partial charge is 0.350 e. The number of ether oxygens (including phenoxy) is 2. The Morgan fingerprint density at radius 1 is 1.12 bits per heavy atom. The molecule has 1 aromatic carbocycles. The Labute approximate surface area is 145 Å². The van der Waals surface area contributed by atoms with Crippen LogP contribution >= 0.6 is 0 Å². The minimum absolute atomic E-state index is 0.0689. The number of hydrogen-bond acceptors (Lipinski definition) is 4. The van der Waals surface area contributed by atoms with Crippen molar-refractivity contribution in [3.05, 3.63) is 46.2 Å². The number of pyridine rings is 1. The summed E-state index contributed by atoms with van der Waals surface area (Å²) < 4.78 is 12.8. The fraction of sp³-hybridized carbons (Fsp3) is 0.474. The monoisotopic (exact) mass is 342 g/mol. The molecule has 2 saturated heterocycles. The molecule has 2 aromatic rings. The first-order chi connectivity index (χ1) is 12.1. The van der Waals surface area contributed by atoms with E-state index in [9.17, 15) is 9.59 Å². The summed E-state index contributed by atoms with van der Waals surface area (Å²) in [7, 11) is 1.73. The molecular weight excluding hydrogens is 320 g/mol. The Bertz CT molecular complexity index is 846. The predicted octanol–water partition coefficient (Wildman–Crippen LogP) is 1.76. The van der Waals surface area contributed by atoms with Gasteiger partial charge in [0.15, 0.2) is 6.29 Å². The summed E-state index contributed by atoms with van der Waals surface area (Å²) in [5.74, 6) is 0.271. The Morgan fingerprint density at radius 3 is 2.52 bits per heavy atom. The Hall–Kier alpha value is -2.18. The second-order valence-corrected chi connectivity index (χ2v) is 6.71. The van der Waals surface area contributed by atoms with Crippen molar-refractivity contribution in [2.75, 3.05) is 26.3 Å². The highest BCUT2D eigenvalue weighted by Gasteiger charge is 2.32. The van der Waals surface area contributed by atoms with Crippen molar-refractivity contribution in [1.29, 1.82) is 0 Å². The van der Waals surface area contributed by atoms with E-state index in [1.54, 1.807) is 11.6 Å². The van der Waals surface area contributed by atoms with Gasteiger partial charge in [-0.15, -0.1) is 0 Å². The van der Waals surface area contributed by atoms with Gasteiger partial charge in [0.05, 0.1) is 24.3 Å². The van der Waals surface area contributed by atoms with Gasteiger partial charge in [-0.05, 0) is 18.9 Å². The number of likely N-dealkylation sites (tertiary alicyclic amines) is 1. The number of aromatic nitrogens is 1. The van der Waals surface area contributed by atoms with E-state index in [0.29, 0.717) is 37.8 Å². The molecule has 0 radical (unpaired) electrons. The fourth-order valence-electron chi connectivity index (χ4n) is 3.78. The fourth-order valence-corrected chi connectivity index (χ4v) is 3.78. The van der Waals surface area contributed by atoms with Gasteiger partial charge in [0.2, 0.25) is 0 Å². The molecular formula is C19H22N2O4. The minimum atomic E-state index is -0.162. The smallest absolute Gasteiger partial charge is 0.254 e. The van der Waals surface area contributed by atoms with Crippen LogP contribution in [0.5, 0.6) is 0 Å². The van der Waals surface area contributed by atoms with Crippen molar-refractivity contribution >= 4 is 16.8 Å². The van der Waals surface area contributed by atoms with Gasteiger partial charge in [0.25, 0.3) is 11.5 Å². The molecule has 6 heteroatoms. The number of rotatable bonds is 2. The molecule has 0 spiro atoms. The quantitative estimate of drug-likeness (QED) is 0.834. The van der Waals surface area contributed by atoms with Gasteiger partial charge in [-0.2, -0.15) is 0 Å². The number of aryl methyl sites for hydroxylation is 1. The molecule has 0 aliphatic carbocycles. The minimum Gasteiger partial charge on any atom is -0.350 e. The predicted molar refractivity (Wildman–Crippen MR) is 93.5 cm³/mol. The number of carbonyl (C=O) groups is 1. The first-order valence-electron chi connectivity index (χ1n) is 8.76. The lowest BCUT2D eigenvalue weighted by Crippen LogP contribution is -2.42. The Balaban J connectivity index is 1.57. The lowest BCUT2D eigenvalue weighted by molar-refractivity contribution is -0.0956. The maximum absolute atomic E-state index is 13.0. The lowest BCUT2D eigenvalue weighted by Gasteiger charge is -2.34. The van der Waals surface area contributed by atoms with Crippen LogP contribution in [0, 0.1) is 5.92 Å². The summed E-state index contributed by atoms with van der Waals surface area (Å²) in [4.78, 5) is 27.1. The van der Waals surface area contributed by atoms with Gasteiger partial charge in [0, 0.05) is 37.5 Å². The molecule has 0 bridgehead atoms. The molecule has 0 saturated carbocycles. The normalized spacial score (nSPS) is 19.6. The molecule has 132 valence electrons. The van der Waals surface area contributed by atoms with Crippen molar-refractivity contribution in [3.63, 3.8) is 0 Å². The highest BCUT2D eigenvalue weighted by atomic mass is 16.7. The average Bonchev–Trinajstić information content (AvgIpc) is 3.19. The highest BCUT2D eigenvalue weighted by Crippen LogP contribution is 2.27. The first kappa shape index (κ1) is 16.3. The second-order valence-electron chi connectivity index (χ2n) is 6.71. The van der Waals surface area contributed by atoms with E-state index in [0.717, 1.165) is 23.7 Å². The molecule has 0 unspecified atom stereocenters. The zero-order valence-corrected chi connectivity index (χ0v) is 14.3. The SMILES string of the molecule is Cn1c(=O)cc(C(=O)N2CCC(C3OCCO3)CC2)c2ccccc21. The number of fused-ring (bicyclic) bond motifs is 1. The van der Waals surface area contributed by atoms with Gasteiger partial charge >= 0.3 is 0 Å². The third kappa shape index (κ3) is 2.96. The van der Waals surface area contributed by atoms with E-state index in [1.807, 2.05) is 29.2 Å². The number of hydrogen-bond donors (Lipinski definition) is 0. The third-order valence-electron chi connectivity index (χ3n) is 5.24. The van der Waals surface area contributed by atoms with Crippen LogP contribution in [-0.2, 0) is 16.5 Å². The number of carbonyl (C=O) groups excluding carboxylic acids is 1. The van der Waals surface area contributed by atoms with Crippen LogP contribution < -0.4 is 5.56 Å². The summed E-state index contributed by atoms with van der Waals surface area (Å²) in [5.41, 5.74) is 1.11. The van der Waals surface area contributed by atoms with Gasteiger partial charge in [-0.3, -0.25) is 9.59 Å². The molecule has 0 atom stereocenters. The van der Waals surface area contributed by atoms with Gasteiger partial charge in [-0.1, -0.05) is 18.2 Å². The molecule has 1 aromatic heterocycles. The van der Waals surface area contributed by atoms with E-state index in [-0.39, 0.29) is 17.8 Å². The molecule has 0 N–H and O–H groups in total. The van der Waals surface area contributed by atoms with Crippen LogP contribution in [-0.4, -0.2) is 48.0 Å². The summed E-state index contributed by atoms with van der Waals surface area (Å²) in [6, 6.07) is 9.00. The molecule has 3 heterocycles. The van der Waals surface area contributed by atoms with E-state index >= 15 is 0 Å². The maximum Gasteiger partial charge on any atom is 0.254 e. The van der Waals surface area contributed by atoms with E-state index in [1.165, 1.54) is 6.07 Å². The number of amides is 1. The number of benzene rings is 1. The third-order valence-corrected chi connectivity index (χ3v) is 5.24. The standard InChI is InChI=1S/C19H22N2O4/c1-20-16-5-3-2-4-14(16)15(12-17(20)22)18(23)21-8-6-13(7-9-21)19-24-10-11-25-19/h2-5,12-13,19H,6-11H2,1H3. The first-order valence-corrected chi connectivity index (χ1v) is 8.76. The summed E-state index contributed by atoms with van der Waals surface area (Å²) in [6.07, 6.45) is 1.60. The lowest BCUT2D eigenvalue weighted by atomic mass is 9.95. The summed E-state index contributed by atoms with van der Waals surface area (Å²) >= 11 is 0. The number of para-hydroxylation sites is 1. The van der Waals surface area contributed by atoms with Gasteiger partial charge < -0.3 is 18.9 Å². The zero-order chi connectivity index (χ0) is 17.4. The van der Waals surface area contributed by atoms with Crippen LogP contribution in [0.25, 0.3) is 10.9 Å². The van der Waals surface area contributed by atoms with Gasteiger partial charge in [-0.25, -0.2) is 0 Å². The second kappa shape index (κ2) is 6.61.